The third-order valence-electron chi connectivity index (χ3n) is 3.05. The third kappa shape index (κ3) is 4.46. The lowest BCUT2D eigenvalue weighted by Crippen LogP contribution is -2.17. The number of esters is 1. The molecule has 0 saturated heterocycles. The van der Waals surface area contributed by atoms with Crippen LogP contribution < -0.4 is 10.5 Å². The maximum absolute atomic E-state index is 12.4. The first-order valence-electron chi connectivity index (χ1n) is 6.61. The molecule has 0 aliphatic rings. The van der Waals surface area contributed by atoms with Crippen molar-refractivity contribution in [3.8, 4) is 16.9 Å². The van der Waals surface area contributed by atoms with Gasteiger partial charge < -0.3 is 15.2 Å². The minimum atomic E-state index is -4.79. The van der Waals surface area contributed by atoms with Gasteiger partial charge >= 0.3 is 12.3 Å². The number of ether oxygens (including phenoxy) is 2. The summed E-state index contributed by atoms with van der Waals surface area (Å²) in [6.07, 6.45) is -4.79. The quantitative estimate of drug-likeness (QED) is 0.874. The van der Waals surface area contributed by atoms with Crippen molar-refractivity contribution < 1.29 is 27.4 Å². The zero-order valence-electron chi connectivity index (χ0n) is 12.2. The highest BCUT2D eigenvalue weighted by atomic mass is 19.4. The van der Waals surface area contributed by atoms with Gasteiger partial charge in [-0.05, 0) is 47.0 Å². The van der Waals surface area contributed by atoms with Gasteiger partial charge in [0.05, 0.1) is 12.7 Å². The molecule has 0 unspecified atom stereocenters. The number of carbonyl (C=O) groups is 1. The smallest absolute Gasteiger partial charge is 0.465 e. The third-order valence-corrected chi connectivity index (χ3v) is 3.05. The fraction of sp³-hybridized carbons (Fsp3) is 0.188. The number of carbonyl (C=O) groups excluding carboxylic acids is 1. The Hall–Kier alpha value is -2.54. The molecule has 0 radical (unpaired) electrons. The number of alkyl halides is 3. The van der Waals surface area contributed by atoms with E-state index in [2.05, 4.69) is 9.47 Å². The minimum absolute atomic E-state index is 0.0543. The lowest BCUT2D eigenvalue weighted by molar-refractivity contribution is -0.274. The monoisotopic (exact) mass is 325 g/mol. The highest BCUT2D eigenvalue weighted by Crippen LogP contribution is 2.30. The van der Waals surface area contributed by atoms with Crippen LogP contribution in [0.25, 0.3) is 11.1 Å². The topological polar surface area (TPSA) is 61.5 Å². The predicted octanol–water partition coefficient (Wildman–Crippen LogP) is 3.50. The number of benzene rings is 2. The normalized spacial score (nSPS) is 11.2. The fourth-order valence-corrected chi connectivity index (χ4v) is 2.08. The second-order valence-electron chi connectivity index (χ2n) is 4.69. The average Bonchev–Trinajstić information content (AvgIpc) is 2.52. The maximum Gasteiger partial charge on any atom is 0.573 e. The van der Waals surface area contributed by atoms with Crippen molar-refractivity contribution in [1.29, 1.82) is 0 Å². The van der Waals surface area contributed by atoms with Gasteiger partial charge in [0.2, 0.25) is 0 Å². The number of nitrogens with two attached hydrogens (primary N) is 1. The van der Waals surface area contributed by atoms with Gasteiger partial charge in [0.1, 0.15) is 5.75 Å². The molecule has 0 heterocycles. The molecule has 0 saturated carbocycles. The molecule has 7 heteroatoms. The van der Waals surface area contributed by atoms with E-state index < -0.39 is 12.3 Å². The summed E-state index contributed by atoms with van der Waals surface area (Å²) >= 11 is 0. The van der Waals surface area contributed by atoms with Crippen LogP contribution in [0.3, 0.4) is 0 Å². The molecule has 2 aromatic carbocycles. The Morgan fingerprint density at radius 1 is 1.13 bits per heavy atom. The van der Waals surface area contributed by atoms with E-state index in [1.165, 1.54) is 25.3 Å². The van der Waals surface area contributed by atoms with E-state index >= 15 is 0 Å². The second-order valence-corrected chi connectivity index (χ2v) is 4.69. The SMILES string of the molecule is COC(=O)c1cccc(-c2cc(CN)cc(OC(F)(F)F)c2)c1. The van der Waals surface area contributed by atoms with Crippen LogP contribution in [0.5, 0.6) is 5.75 Å². The molecule has 0 amide bonds. The molecule has 23 heavy (non-hydrogen) atoms. The van der Waals surface area contributed by atoms with Gasteiger partial charge in [-0.3, -0.25) is 0 Å². The van der Waals surface area contributed by atoms with Gasteiger partial charge in [0.25, 0.3) is 0 Å². The summed E-state index contributed by atoms with van der Waals surface area (Å²) in [6.45, 7) is 0.0543. The maximum atomic E-state index is 12.4. The van der Waals surface area contributed by atoms with E-state index in [4.69, 9.17) is 5.73 Å². The summed E-state index contributed by atoms with van der Waals surface area (Å²) in [7, 11) is 1.25. The van der Waals surface area contributed by atoms with Crippen LogP contribution in [0.15, 0.2) is 42.5 Å². The summed E-state index contributed by atoms with van der Waals surface area (Å²) in [5.41, 5.74) is 7.30. The highest BCUT2D eigenvalue weighted by molar-refractivity contribution is 5.91. The first kappa shape index (κ1) is 16.8. The van der Waals surface area contributed by atoms with Crippen molar-refractivity contribution in [2.24, 2.45) is 5.73 Å². The number of hydrogen-bond acceptors (Lipinski definition) is 4. The molecule has 2 aromatic rings. The summed E-state index contributed by atoms with van der Waals surface area (Å²) in [5.74, 6) is -0.896. The first-order valence-corrected chi connectivity index (χ1v) is 6.61. The molecule has 0 spiro atoms. The fourth-order valence-electron chi connectivity index (χ4n) is 2.08. The molecule has 0 aliphatic heterocycles. The van der Waals surface area contributed by atoms with E-state index in [1.807, 2.05) is 0 Å². The lowest BCUT2D eigenvalue weighted by atomic mass is 10.0. The number of methoxy groups -OCH3 is 1. The molecule has 0 atom stereocenters. The summed E-state index contributed by atoms with van der Waals surface area (Å²) in [6, 6.07) is 10.5. The van der Waals surface area contributed by atoms with Gasteiger partial charge in [-0.1, -0.05) is 12.1 Å². The molecule has 2 N–H and O–H groups in total. The van der Waals surface area contributed by atoms with E-state index in [-0.39, 0.29) is 12.3 Å². The van der Waals surface area contributed by atoms with Crippen molar-refractivity contribution >= 4 is 5.97 Å². The Balaban J connectivity index is 2.46. The van der Waals surface area contributed by atoms with Crippen LogP contribution in [-0.4, -0.2) is 19.4 Å². The van der Waals surface area contributed by atoms with E-state index in [9.17, 15) is 18.0 Å². The molecule has 0 aliphatic carbocycles. The summed E-state index contributed by atoms with van der Waals surface area (Å²) in [4.78, 5) is 11.6. The van der Waals surface area contributed by atoms with Crippen molar-refractivity contribution in [2.45, 2.75) is 12.9 Å². The van der Waals surface area contributed by atoms with Crippen LogP contribution in [0, 0.1) is 0 Å². The molecule has 0 bridgehead atoms. The standard InChI is InChI=1S/C16H14F3NO3/c1-22-15(21)12-4-2-3-11(7-12)13-5-10(9-20)6-14(8-13)23-16(17,18)19/h2-8H,9,20H2,1H3. The van der Waals surface area contributed by atoms with Crippen molar-refractivity contribution in [3.05, 3.63) is 53.6 Å². The molecule has 4 nitrogen and oxygen atoms in total. The number of hydrogen-bond donors (Lipinski definition) is 1. The summed E-state index contributed by atoms with van der Waals surface area (Å²) in [5, 5.41) is 0. The van der Waals surface area contributed by atoms with Crippen molar-refractivity contribution in [2.75, 3.05) is 7.11 Å². The van der Waals surface area contributed by atoms with Crippen LogP contribution >= 0.6 is 0 Å². The Bertz CT molecular complexity index is 714. The van der Waals surface area contributed by atoms with E-state index in [1.54, 1.807) is 24.3 Å². The van der Waals surface area contributed by atoms with Gasteiger partial charge in [-0.25, -0.2) is 4.79 Å². The van der Waals surface area contributed by atoms with Crippen LogP contribution in [0.4, 0.5) is 13.2 Å². The van der Waals surface area contributed by atoms with Gasteiger partial charge in [0.15, 0.2) is 0 Å². The van der Waals surface area contributed by atoms with Crippen LogP contribution in [-0.2, 0) is 11.3 Å². The zero-order valence-corrected chi connectivity index (χ0v) is 12.2. The highest BCUT2D eigenvalue weighted by Gasteiger charge is 2.31. The van der Waals surface area contributed by atoms with Gasteiger partial charge in [-0.15, -0.1) is 13.2 Å². The number of halogens is 3. The average molecular weight is 325 g/mol. The molecule has 122 valence electrons. The molecule has 2 rings (SSSR count). The lowest BCUT2D eigenvalue weighted by Gasteiger charge is -2.12. The second kappa shape index (κ2) is 6.70. The minimum Gasteiger partial charge on any atom is -0.465 e. The van der Waals surface area contributed by atoms with Gasteiger partial charge in [0, 0.05) is 6.54 Å². The Morgan fingerprint density at radius 2 is 1.87 bits per heavy atom. The van der Waals surface area contributed by atoms with E-state index in [0.29, 0.717) is 22.3 Å². The molecular formula is C16H14F3NO3. The Labute approximate surface area is 130 Å². The van der Waals surface area contributed by atoms with Crippen LogP contribution in [0.2, 0.25) is 0 Å². The molecule has 0 fully saturated rings. The summed E-state index contributed by atoms with van der Waals surface area (Å²) < 4.78 is 45.8. The Kier molecular flexibility index (Phi) is 4.90. The van der Waals surface area contributed by atoms with Crippen molar-refractivity contribution in [3.63, 3.8) is 0 Å². The molecule has 0 aromatic heterocycles. The van der Waals surface area contributed by atoms with E-state index in [0.717, 1.165) is 0 Å². The zero-order chi connectivity index (χ0) is 17.0. The number of rotatable bonds is 4. The van der Waals surface area contributed by atoms with Crippen molar-refractivity contribution in [1.82, 2.24) is 0 Å². The largest absolute Gasteiger partial charge is 0.573 e. The first-order chi connectivity index (χ1) is 10.8. The van der Waals surface area contributed by atoms with Gasteiger partial charge in [-0.2, -0.15) is 0 Å². The predicted molar refractivity (Wildman–Crippen MR) is 77.8 cm³/mol. The molecular weight excluding hydrogens is 311 g/mol. The van der Waals surface area contributed by atoms with Crippen LogP contribution in [0.1, 0.15) is 15.9 Å². The Morgan fingerprint density at radius 3 is 2.48 bits per heavy atom.